The molecule has 0 aromatic rings. The average Bonchev–Trinajstić information content (AvgIpc) is 3.21. The molecule has 344 valence electrons. The van der Waals surface area contributed by atoms with Gasteiger partial charge in [-0.25, -0.2) is 4.57 Å². The zero-order chi connectivity index (χ0) is 43.5. The lowest BCUT2D eigenvalue weighted by Crippen LogP contribution is -2.29. The summed E-state index contributed by atoms with van der Waals surface area (Å²) in [7, 11) is -4.64. The van der Waals surface area contributed by atoms with Crippen LogP contribution in [0.15, 0.2) is 48.6 Å². The SMILES string of the molecule is CC(C)CCCCCCCCCCCCCCCCCC(=O)O[C@H](COC(=O)CCC/C=C\C/C=C\C/C=C\C/C=C\CCCCCO)COP(=O)(O)OC[C@@H](O)CO. The first-order valence-electron chi connectivity index (χ1n) is 23.1. The molecule has 0 rings (SSSR count). The van der Waals surface area contributed by atoms with Gasteiger partial charge in [0.15, 0.2) is 6.10 Å². The van der Waals surface area contributed by atoms with E-state index in [1.807, 2.05) is 12.2 Å². The average molecular weight is 857 g/mol. The second kappa shape index (κ2) is 42.6. The Morgan fingerprint density at radius 1 is 0.542 bits per heavy atom. The van der Waals surface area contributed by atoms with Gasteiger partial charge in [0, 0.05) is 19.4 Å². The van der Waals surface area contributed by atoms with Crippen LogP contribution in [0.1, 0.15) is 187 Å². The number of hydrogen-bond acceptors (Lipinski definition) is 10. The van der Waals surface area contributed by atoms with Crippen molar-refractivity contribution in [3.8, 4) is 0 Å². The molecule has 0 spiro atoms. The largest absolute Gasteiger partial charge is 0.472 e. The van der Waals surface area contributed by atoms with Crippen LogP contribution >= 0.6 is 7.82 Å². The van der Waals surface area contributed by atoms with E-state index < -0.39 is 51.8 Å². The van der Waals surface area contributed by atoms with Crippen LogP contribution in [0.5, 0.6) is 0 Å². The van der Waals surface area contributed by atoms with Gasteiger partial charge in [0.1, 0.15) is 12.7 Å². The molecule has 0 aromatic heterocycles. The molecule has 0 aliphatic rings. The monoisotopic (exact) mass is 857 g/mol. The van der Waals surface area contributed by atoms with Crippen molar-refractivity contribution in [2.75, 3.05) is 33.0 Å². The van der Waals surface area contributed by atoms with E-state index in [0.717, 1.165) is 70.1 Å². The number of phosphoric acid groups is 1. The van der Waals surface area contributed by atoms with Crippen LogP contribution in [-0.2, 0) is 32.7 Å². The Morgan fingerprint density at radius 3 is 1.49 bits per heavy atom. The highest BCUT2D eigenvalue weighted by Crippen LogP contribution is 2.43. The third kappa shape index (κ3) is 43.8. The van der Waals surface area contributed by atoms with Gasteiger partial charge in [-0.15, -0.1) is 0 Å². The summed E-state index contributed by atoms with van der Waals surface area (Å²) in [5.41, 5.74) is 0. The Bertz CT molecular complexity index is 1140. The second-order valence-corrected chi connectivity index (χ2v) is 17.4. The fourth-order valence-electron chi connectivity index (χ4n) is 6.15. The van der Waals surface area contributed by atoms with Gasteiger partial charge in [0.2, 0.25) is 0 Å². The van der Waals surface area contributed by atoms with E-state index in [2.05, 4.69) is 54.8 Å². The zero-order valence-electron chi connectivity index (χ0n) is 37.1. The highest BCUT2D eigenvalue weighted by Gasteiger charge is 2.27. The summed E-state index contributed by atoms with van der Waals surface area (Å²) in [6.07, 6.45) is 42.4. The lowest BCUT2D eigenvalue weighted by Gasteiger charge is -2.20. The van der Waals surface area contributed by atoms with Gasteiger partial charge in [0.25, 0.3) is 0 Å². The Morgan fingerprint density at radius 2 is 0.983 bits per heavy atom. The van der Waals surface area contributed by atoms with Gasteiger partial charge in [0.05, 0.1) is 19.8 Å². The van der Waals surface area contributed by atoms with E-state index in [0.29, 0.717) is 19.3 Å². The molecule has 0 fully saturated rings. The van der Waals surface area contributed by atoms with Crippen molar-refractivity contribution >= 4 is 19.8 Å². The van der Waals surface area contributed by atoms with Crippen molar-refractivity contribution < 1.29 is 52.9 Å². The maximum Gasteiger partial charge on any atom is 0.472 e. The summed E-state index contributed by atoms with van der Waals surface area (Å²) in [6.45, 7) is 2.67. The molecule has 0 amide bonds. The molecule has 0 radical (unpaired) electrons. The zero-order valence-corrected chi connectivity index (χ0v) is 38.0. The predicted molar refractivity (Wildman–Crippen MR) is 239 cm³/mol. The molecule has 0 bridgehead atoms. The van der Waals surface area contributed by atoms with Crippen LogP contribution in [0.25, 0.3) is 0 Å². The third-order valence-corrected chi connectivity index (χ3v) is 10.7. The first-order valence-corrected chi connectivity index (χ1v) is 24.6. The molecule has 0 saturated carbocycles. The van der Waals surface area contributed by atoms with Gasteiger partial charge < -0.3 is 29.7 Å². The van der Waals surface area contributed by atoms with Gasteiger partial charge in [-0.1, -0.05) is 165 Å². The fraction of sp³-hybridized carbons (Fsp3) is 0.787. The lowest BCUT2D eigenvalue weighted by molar-refractivity contribution is -0.161. The summed E-state index contributed by atoms with van der Waals surface area (Å²) >= 11 is 0. The van der Waals surface area contributed by atoms with Gasteiger partial charge in [-0.2, -0.15) is 0 Å². The quantitative estimate of drug-likeness (QED) is 0.0199. The topological polar surface area (TPSA) is 169 Å². The Kier molecular flexibility index (Phi) is 41.1. The normalized spacial score (nSPS) is 14.3. The molecular formula is C47H85O11P. The third-order valence-electron chi connectivity index (χ3n) is 9.72. The number of carbonyl (C=O) groups excluding carboxylic acids is 2. The van der Waals surface area contributed by atoms with Crippen LogP contribution in [0, 0.1) is 5.92 Å². The summed E-state index contributed by atoms with van der Waals surface area (Å²) in [5, 5.41) is 27.1. The van der Waals surface area contributed by atoms with Crippen LogP contribution in [0.4, 0.5) is 0 Å². The molecule has 0 heterocycles. The molecule has 0 aromatic carbocycles. The summed E-state index contributed by atoms with van der Waals surface area (Å²) < 4.78 is 32.7. The molecule has 12 heteroatoms. The van der Waals surface area contributed by atoms with E-state index in [9.17, 15) is 24.2 Å². The number of phosphoric ester groups is 1. The minimum absolute atomic E-state index is 0.156. The molecule has 0 aliphatic carbocycles. The fourth-order valence-corrected chi connectivity index (χ4v) is 6.94. The minimum Gasteiger partial charge on any atom is -0.462 e. The first-order chi connectivity index (χ1) is 28.6. The van der Waals surface area contributed by atoms with Crippen molar-refractivity contribution in [2.24, 2.45) is 5.92 Å². The molecule has 3 atom stereocenters. The molecule has 1 unspecified atom stereocenters. The Balaban J connectivity index is 4.33. The summed E-state index contributed by atoms with van der Waals surface area (Å²) in [4.78, 5) is 35.0. The standard InChI is InChI=1S/C47H85O11P/c1-43(2)35-31-27-23-19-15-11-7-6-9-13-17-21-25-29-33-37-47(52)58-45(42-57-59(53,54)56-40-44(50)39-49)41-55-46(51)36-32-28-24-20-16-12-8-4-3-5-10-14-18-22-26-30-34-38-48/h3,5,8,12,14,18,20,24,43-45,48-50H,4,6-7,9-11,13,15-17,19,21-23,25-42H2,1-2H3,(H,53,54)/b5-3-,12-8-,18-14-,24-20-/t44-,45+/m0/s1. The van der Waals surface area contributed by atoms with Crippen LogP contribution < -0.4 is 0 Å². The molecule has 0 saturated heterocycles. The van der Waals surface area contributed by atoms with Crippen LogP contribution in [0.2, 0.25) is 0 Å². The maximum atomic E-state index is 12.6. The number of aliphatic hydroxyl groups is 3. The lowest BCUT2D eigenvalue weighted by atomic mass is 10.0. The van der Waals surface area contributed by atoms with Gasteiger partial charge in [-0.05, 0) is 63.7 Å². The number of ether oxygens (including phenoxy) is 2. The van der Waals surface area contributed by atoms with E-state index in [-0.39, 0.29) is 26.1 Å². The number of rotatable bonds is 43. The molecule has 59 heavy (non-hydrogen) atoms. The number of esters is 2. The molecule has 4 N–H and O–H groups in total. The summed E-state index contributed by atoms with van der Waals surface area (Å²) in [6, 6.07) is 0. The Labute approximate surface area is 358 Å². The van der Waals surface area contributed by atoms with Crippen molar-refractivity contribution in [3.05, 3.63) is 48.6 Å². The van der Waals surface area contributed by atoms with Crippen molar-refractivity contribution in [1.29, 1.82) is 0 Å². The number of hydrogen-bond donors (Lipinski definition) is 4. The van der Waals surface area contributed by atoms with E-state index in [4.69, 9.17) is 24.2 Å². The maximum absolute atomic E-state index is 12.6. The van der Waals surface area contributed by atoms with Crippen LogP contribution in [-0.4, -0.2) is 77.4 Å². The molecule has 11 nitrogen and oxygen atoms in total. The van der Waals surface area contributed by atoms with Crippen LogP contribution in [0.3, 0.4) is 0 Å². The van der Waals surface area contributed by atoms with E-state index in [1.165, 1.54) is 77.0 Å². The van der Waals surface area contributed by atoms with Gasteiger partial charge >= 0.3 is 19.8 Å². The van der Waals surface area contributed by atoms with E-state index in [1.54, 1.807) is 0 Å². The minimum atomic E-state index is -4.64. The predicted octanol–water partition coefficient (Wildman–Crippen LogP) is 11.3. The number of unbranched alkanes of at least 4 members (excludes halogenated alkanes) is 18. The Hall–Kier alpha value is -2.11. The van der Waals surface area contributed by atoms with Crippen molar-refractivity contribution in [2.45, 2.75) is 199 Å². The van der Waals surface area contributed by atoms with E-state index >= 15 is 0 Å². The smallest absolute Gasteiger partial charge is 0.462 e. The second-order valence-electron chi connectivity index (χ2n) is 16.0. The first kappa shape index (κ1) is 56.9. The van der Waals surface area contributed by atoms with Gasteiger partial charge in [-0.3, -0.25) is 18.6 Å². The van der Waals surface area contributed by atoms with Crippen molar-refractivity contribution in [3.63, 3.8) is 0 Å². The molecule has 0 aliphatic heterocycles. The number of allylic oxidation sites excluding steroid dienone is 8. The van der Waals surface area contributed by atoms with Crippen molar-refractivity contribution in [1.82, 2.24) is 0 Å². The highest BCUT2D eigenvalue weighted by molar-refractivity contribution is 7.47. The highest BCUT2D eigenvalue weighted by atomic mass is 31.2. The number of aliphatic hydroxyl groups excluding tert-OH is 3. The molecular weight excluding hydrogens is 771 g/mol. The number of carbonyl (C=O) groups is 2. The summed E-state index contributed by atoms with van der Waals surface area (Å²) in [5.74, 6) is -0.179.